The van der Waals surface area contributed by atoms with E-state index in [0.717, 1.165) is 6.07 Å². The summed E-state index contributed by atoms with van der Waals surface area (Å²) in [4.78, 5) is 18.4. The van der Waals surface area contributed by atoms with Crippen molar-refractivity contribution in [3.8, 4) is 0 Å². The van der Waals surface area contributed by atoms with Crippen LogP contribution in [0.25, 0.3) is 11.1 Å². The SMILES string of the molecule is Cc1cc(C(F)(F)F)c2c(C3CCCN(C(=O)c4ccnn4C)C3)noc2n1. The number of hydrogen-bond acceptors (Lipinski definition) is 5. The summed E-state index contributed by atoms with van der Waals surface area (Å²) in [7, 11) is 1.67. The molecular formula is C18H18F3N5O2. The summed E-state index contributed by atoms with van der Waals surface area (Å²) < 4.78 is 47.4. The van der Waals surface area contributed by atoms with Gasteiger partial charge in [-0.2, -0.15) is 18.3 Å². The zero-order valence-electron chi connectivity index (χ0n) is 15.3. The van der Waals surface area contributed by atoms with E-state index in [1.165, 1.54) is 17.8 Å². The van der Waals surface area contributed by atoms with E-state index in [2.05, 4.69) is 15.2 Å². The van der Waals surface area contributed by atoms with Crippen LogP contribution in [0.5, 0.6) is 0 Å². The monoisotopic (exact) mass is 393 g/mol. The van der Waals surface area contributed by atoms with Crippen molar-refractivity contribution < 1.29 is 22.5 Å². The van der Waals surface area contributed by atoms with E-state index in [-0.39, 0.29) is 40.9 Å². The number of hydrogen-bond donors (Lipinski definition) is 0. The van der Waals surface area contributed by atoms with Gasteiger partial charge in [0.15, 0.2) is 0 Å². The third-order valence-electron chi connectivity index (χ3n) is 5.04. The van der Waals surface area contributed by atoms with Crippen LogP contribution < -0.4 is 0 Å². The van der Waals surface area contributed by atoms with Crippen molar-refractivity contribution in [3.05, 3.63) is 41.0 Å². The number of aromatic nitrogens is 4. The van der Waals surface area contributed by atoms with Crippen LogP contribution in [0.15, 0.2) is 22.9 Å². The Bertz CT molecular complexity index is 1040. The third-order valence-corrected chi connectivity index (χ3v) is 5.04. The van der Waals surface area contributed by atoms with Crippen LogP contribution in [0.1, 0.15) is 46.2 Å². The van der Waals surface area contributed by atoms with E-state index < -0.39 is 11.7 Å². The molecule has 1 saturated heterocycles. The van der Waals surface area contributed by atoms with Gasteiger partial charge in [-0.25, -0.2) is 4.98 Å². The molecule has 3 aromatic heterocycles. The summed E-state index contributed by atoms with van der Waals surface area (Å²) >= 11 is 0. The molecule has 3 aromatic rings. The molecule has 0 N–H and O–H groups in total. The van der Waals surface area contributed by atoms with Gasteiger partial charge in [-0.3, -0.25) is 9.48 Å². The Kier molecular flexibility index (Phi) is 4.35. The minimum Gasteiger partial charge on any atom is -0.337 e. The molecule has 1 fully saturated rings. The van der Waals surface area contributed by atoms with Crippen LogP contribution in [-0.2, 0) is 13.2 Å². The number of likely N-dealkylation sites (tertiary alicyclic amines) is 1. The molecule has 148 valence electrons. The van der Waals surface area contributed by atoms with Gasteiger partial charge in [0.05, 0.1) is 16.6 Å². The molecule has 4 rings (SSSR count). The van der Waals surface area contributed by atoms with Crippen molar-refractivity contribution >= 4 is 17.0 Å². The van der Waals surface area contributed by atoms with Crippen molar-refractivity contribution in [2.75, 3.05) is 13.1 Å². The normalized spacial score (nSPS) is 18.0. The summed E-state index contributed by atoms with van der Waals surface area (Å²) in [6.45, 7) is 2.27. The maximum absolute atomic E-state index is 13.6. The predicted octanol–water partition coefficient (Wildman–Crippen LogP) is 3.30. The number of alkyl halides is 3. The molecule has 1 aliphatic rings. The Morgan fingerprint density at radius 1 is 1.36 bits per heavy atom. The molecule has 0 aliphatic carbocycles. The highest BCUT2D eigenvalue weighted by Crippen LogP contribution is 2.40. The molecule has 1 unspecified atom stereocenters. The number of nitrogens with zero attached hydrogens (tertiary/aromatic N) is 5. The Labute approximate surface area is 158 Å². The van der Waals surface area contributed by atoms with Crippen molar-refractivity contribution in [3.63, 3.8) is 0 Å². The molecule has 7 nitrogen and oxygen atoms in total. The highest BCUT2D eigenvalue weighted by atomic mass is 19.4. The topological polar surface area (TPSA) is 77.0 Å². The van der Waals surface area contributed by atoms with Crippen molar-refractivity contribution in [2.24, 2.45) is 7.05 Å². The van der Waals surface area contributed by atoms with Crippen molar-refractivity contribution in [1.82, 2.24) is 24.8 Å². The number of carbonyl (C=O) groups is 1. The van der Waals surface area contributed by atoms with Crippen LogP contribution in [0.4, 0.5) is 13.2 Å². The molecule has 10 heteroatoms. The van der Waals surface area contributed by atoms with Gasteiger partial charge in [-0.05, 0) is 31.9 Å². The fraction of sp³-hybridized carbons (Fsp3) is 0.444. The quantitative estimate of drug-likeness (QED) is 0.668. The lowest BCUT2D eigenvalue weighted by Gasteiger charge is -2.32. The Balaban J connectivity index is 1.70. The molecule has 0 saturated carbocycles. The summed E-state index contributed by atoms with van der Waals surface area (Å²) in [5.41, 5.74) is -0.0887. The summed E-state index contributed by atoms with van der Waals surface area (Å²) in [6.07, 6.45) is -1.75. The summed E-state index contributed by atoms with van der Waals surface area (Å²) in [5.74, 6) is -0.569. The second-order valence-corrected chi connectivity index (χ2v) is 6.99. The van der Waals surface area contributed by atoms with Gasteiger partial charge in [-0.15, -0.1) is 0 Å². The lowest BCUT2D eigenvalue weighted by atomic mass is 9.91. The van der Waals surface area contributed by atoms with Gasteiger partial charge >= 0.3 is 6.18 Å². The van der Waals surface area contributed by atoms with Crippen LogP contribution in [0.2, 0.25) is 0 Å². The fourth-order valence-corrected chi connectivity index (χ4v) is 3.73. The first-order valence-electron chi connectivity index (χ1n) is 8.87. The van der Waals surface area contributed by atoms with Crippen LogP contribution in [-0.4, -0.2) is 43.8 Å². The molecule has 28 heavy (non-hydrogen) atoms. The second-order valence-electron chi connectivity index (χ2n) is 6.99. The van der Waals surface area contributed by atoms with Crippen LogP contribution in [0.3, 0.4) is 0 Å². The highest BCUT2D eigenvalue weighted by molar-refractivity contribution is 5.92. The average molecular weight is 393 g/mol. The molecule has 0 bridgehead atoms. The van der Waals surface area contributed by atoms with Crippen LogP contribution >= 0.6 is 0 Å². The minimum atomic E-state index is -4.55. The van der Waals surface area contributed by atoms with E-state index in [9.17, 15) is 18.0 Å². The molecule has 1 atom stereocenters. The maximum Gasteiger partial charge on any atom is 0.417 e. The first-order valence-corrected chi connectivity index (χ1v) is 8.87. The van der Waals surface area contributed by atoms with Crippen molar-refractivity contribution in [1.29, 1.82) is 0 Å². The molecule has 0 spiro atoms. The van der Waals surface area contributed by atoms with Gasteiger partial charge < -0.3 is 9.42 Å². The van der Waals surface area contributed by atoms with Gasteiger partial charge in [0.2, 0.25) is 0 Å². The average Bonchev–Trinajstić information content (AvgIpc) is 3.25. The van der Waals surface area contributed by atoms with Crippen molar-refractivity contribution in [2.45, 2.75) is 31.9 Å². The van der Waals surface area contributed by atoms with Crippen LogP contribution in [0, 0.1) is 6.92 Å². The van der Waals surface area contributed by atoms with E-state index >= 15 is 0 Å². The molecule has 4 heterocycles. The van der Waals surface area contributed by atoms with Gasteiger partial charge in [0.25, 0.3) is 11.6 Å². The summed E-state index contributed by atoms with van der Waals surface area (Å²) in [5, 5.41) is 7.80. The molecule has 1 aliphatic heterocycles. The second kappa shape index (κ2) is 6.61. The number of pyridine rings is 1. The minimum absolute atomic E-state index is 0.113. The Morgan fingerprint density at radius 2 is 2.14 bits per heavy atom. The van der Waals surface area contributed by atoms with E-state index in [0.29, 0.717) is 25.1 Å². The maximum atomic E-state index is 13.6. The number of amides is 1. The van der Waals surface area contributed by atoms with E-state index in [1.54, 1.807) is 18.0 Å². The van der Waals surface area contributed by atoms with E-state index in [4.69, 9.17) is 4.52 Å². The zero-order chi connectivity index (χ0) is 20.1. The first-order chi connectivity index (χ1) is 13.3. The van der Waals surface area contributed by atoms with Gasteiger partial charge in [-0.1, -0.05) is 5.16 Å². The number of rotatable bonds is 2. The Hall–Kier alpha value is -2.91. The lowest BCUT2D eigenvalue weighted by molar-refractivity contribution is -0.136. The molecule has 0 aromatic carbocycles. The lowest BCUT2D eigenvalue weighted by Crippen LogP contribution is -2.40. The van der Waals surface area contributed by atoms with Gasteiger partial charge in [0.1, 0.15) is 5.69 Å². The number of carbonyl (C=O) groups excluding carboxylic acids is 1. The smallest absolute Gasteiger partial charge is 0.337 e. The standard InChI is InChI=1S/C18H18F3N5O2/c1-10-8-12(18(19,20)21)14-15(24-28-16(14)23-10)11-4-3-7-26(9-11)17(27)13-5-6-22-25(13)2/h5-6,8,11H,3-4,7,9H2,1-2H3. The Morgan fingerprint density at radius 3 is 2.82 bits per heavy atom. The fourth-order valence-electron chi connectivity index (χ4n) is 3.73. The first kappa shape index (κ1) is 18.5. The predicted molar refractivity (Wildman–Crippen MR) is 92.6 cm³/mol. The molecule has 1 amide bonds. The molecule has 0 radical (unpaired) electrons. The third kappa shape index (κ3) is 3.12. The zero-order valence-corrected chi connectivity index (χ0v) is 15.3. The number of piperidine rings is 1. The number of halogens is 3. The van der Waals surface area contributed by atoms with Gasteiger partial charge in [0, 0.05) is 37.9 Å². The summed E-state index contributed by atoms with van der Waals surface area (Å²) in [6, 6.07) is 2.62. The number of fused-ring (bicyclic) bond motifs is 1. The van der Waals surface area contributed by atoms with E-state index in [1.807, 2.05) is 0 Å². The highest BCUT2D eigenvalue weighted by Gasteiger charge is 2.38. The largest absolute Gasteiger partial charge is 0.417 e. The number of aryl methyl sites for hydroxylation is 2. The molecular weight excluding hydrogens is 375 g/mol.